The first-order valence-electron chi connectivity index (χ1n) is 6.08. The van der Waals surface area contributed by atoms with Gasteiger partial charge in [-0.05, 0) is 32.2 Å². The zero-order valence-electron chi connectivity index (χ0n) is 10.8. The van der Waals surface area contributed by atoms with Gasteiger partial charge < -0.3 is 15.5 Å². The standard InChI is InChI=1S/C13H19ClN4/c1-9-8-17(2)5-6-18(9)12-4-3-10(14)7-11(12)13(15)16/h3-4,7,9H,5-6,8H2,1-2H3,(H3,15,16). The molecule has 0 spiro atoms. The highest BCUT2D eigenvalue weighted by Crippen LogP contribution is 2.27. The molecule has 3 N–H and O–H groups in total. The van der Waals surface area contributed by atoms with Crippen LogP contribution in [0.25, 0.3) is 0 Å². The molecule has 0 amide bonds. The molecule has 0 saturated carbocycles. The maximum Gasteiger partial charge on any atom is 0.124 e. The second-order valence-electron chi connectivity index (χ2n) is 4.88. The zero-order chi connectivity index (χ0) is 13.3. The number of benzene rings is 1. The number of nitrogens with two attached hydrogens (primary N) is 1. The number of likely N-dealkylation sites (N-methyl/N-ethyl adjacent to an activating group) is 1. The quantitative estimate of drug-likeness (QED) is 0.634. The fraction of sp³-hybridized carbons (Fsp3) is 0.462. The van der Waals surface area contributed by atoms with Crippen LogP contribution < -0.4 is 10.6 Å². The van der Waals surface area contributed by atoms with Gasteiger partial charge in [-0.2, -0.15) is 0 Å². The van der Waals surface area contributed by atoms with Gasteiger partial charge in [-0.15, -0.1) is 0 Å². The molecule has 1 saturated heterocycles. The van der Waals surface area contributed by atoms with E-state index >= 15 is 0 Å². The van der Waals surface area contributed by atoms with Crippen LogP contribution in [-0.2, 0) is 0 Å². The summed E-state index contributed by atoms with van der Waals surface area (Å²) >= 11 is 5.98. The number of nitrogen functional groups attached to an aromatic ring is 1. The Morgan fingerprint density at radius 3 is 2.78 bits per heavy atom. The molecule has 1 aliphatic heterocycles. The minimum absolute atomic E-state index is 0.0682. The molecule has 5 heteroatoms. The van der Waals surface area contributed by atoms with Crippen molar-refractivity contribution >= 4 is 23.1 Å². The van der Waals surface area contributed by atoms with Gasteiger partial charge >= 0.3 is 0 Å². The number of hydrogen-bond acceptors (Lipinski definition) is 3. The Balaban J connectivity index is 2.35. The van der Waals surface area contributed by atoms with Crippen LogP contribution in [0.2, 0.25) is 5.02 Å². The number of piperazine rings is 1. The lowest BCUT2D eigenvalue weighted by molar-refractivity contribution is 0.275. The van der Waals surface area contributed by atoms with Gasteiger partial charge in [0.2, 0.25) is 0 Å². The molecule has 4 nitrogen and oxygen atoms in total. The summed E-state index contributed by atoms with van der Waals surface area (Å²) in [5.74, 6) is 0.0682. The fourth-order valence-electron chi connectivity index (χ4n) is 2.47. The highest BCUT2D eigenvalue weighted by molar-refractivity contribution is 6.31. The van der Waals surface area contributed by atoms with Crippen LogP contribution in [0, 0.1) is 5.41 Å². The van der Waals surface area contributed by atoms with Crippen molar-refractivity contribution in [3.8, 4) is 0 Å². The molecule has 1 aromatic carbocycles. The maximum atomic E-state index is 7.68. The topological polar surface area (TPSA) is 56.4 Å². The fourth-order valence-corrected chi connectivity index (χ4v) is 2.64. The highest BCUT2D eigenvalue weighted by atomic mass is 35.5. The van der Waals surface area contributed by atoms with E-state index in [2.05, 4.69) is 23.8 Å². The number of nitrogens with zero attached hydrogens (tertiary/aromatic N) is 2. The third-order valence-corrected chi connectivity index (χ3v) is 3.62. The van der Waals surface area contributed by atoms with Gasteiger partial charge in [-0.25, -0.2) is 0 Å². The van der Waals surface area contributed by atoms with E-state index in [1.807, 2.05) is 12.1 Å². The summed E-state index contributed by atoms with van der Waals surface area (Å²) in [6.07, 6.45) is 0. The molecule has 1 aromatic rings. The Morgan fingerprint density at radius 2 is 2.17 bits per heavy atom. The summed E-state index contributed by atoms with van der Waals surface area (Å²) in [6, 6.07) is 5.99. The van der Waals surface area contributed by atoms with E-state index in [4.69, 9.17) is 22.7 Å². The van der Waals surface area contributed by atoms with Crippen molar-refractivity contribution in [3.63, 3.8) is 0 Å². The van der Waals surface area contributed by atoms with Crippen LogP contribution in [0.5, 0.6) is 0 Å². The van der Waals surface area contributed by atoms with Gasteiger partial charge in [0, 0.05) is 41.9 Å². The van der Waals surface area contributed by atoms with Crippen LogP contribution in [0.4, 0.5) is 5.69 Å². The molecule has 0 radical (unpaired) electrons. The highest BCUT2D eigenvalue weighted by Gasteiger charge is 2.24. The summed E-state index contributed by atoms with van der Waals surface area (Å²) in [5.41, 5.74) is 7.38. The molecule has 18 heavy (non-hydrogen) atoms. The van der Waals surface area contributed by atoms with Crippen molar-refractivity contribution in [2.24, 2.45) is 5.73 Å². The molecule has 1 aliphatic rings. The molecule has 1 heterocycles. The van der Waals surface area contributed by atoms with E-state index in [1.54, 1.807) is 6.07 Å². The lowest BCUT2D eigenvalue weighted by atomic mass is 10.1. The molecule has 0 aliphatic carbocycles. The van der Waals surface area contributed by atoms with Gasteiger partial charge in [0.05, 0.1) is 0 Å². The summed E-state index contributed by atoms with van der Waals surface area (Å²) in [5, 5.41) is 8.30. The second-order valence-corrected chi connectivity index (χ2v) is 5.32. The van der Waals surface area contributed by atoms with Crippen LogP contribution in [0.3, 0.4) is 0 Å². The van der Waals surface area contributed by atoms with E-state index in [0.717, 1.165) is 30.9 Å². The Labute approximate surface area is 113 Å². The maximum absolute atomic E-state index is 7.68. The second kappa shape index (κ2) is 5.16. The van der Waals surface area contributed by atoms with Gasteiger partial charge in [0.1, 0.15) is 5.84 Å². The summed E-state index contributed by atoms with van der Waals surface area (Å²) in [6.45, 7) is 5.16. The van der Waals surface area contributed by atoms with E-state index in [0.29, 0.717) is 11.1 Å². The molecule has 98 valence electrons. The van der Waals surface area contributed by atoms with Gasteiger partial charge in [-0.3, -0.25) is 5.41 Å². The van der Waals surface area contributed by atoms with Crippen LogP contribution in [-0.4, -0.2) is 43.5 Å². The van der Waals surface area contributed by atoms with Crippen LogP contribution in [0.15, 0.2) is 18.2 Å². The summed E-state index contributed by atoms with van der Waals surface area (Å²) in [4.78, 5) is 4.61. The number of hydrogen-bond donors (Lipinski definition) is 2. The summed E-state index contributed by atoms with van der Waals surface area (Å²) in [7, 11) is 2.13. The molecule has 1 unspecified atom stereocenters. The SMILES string of the molecule is CC1CN(C)CCN1c1ccc(Cl)cc1C(=N)N. The van der Waals surface area contributed by atoms with Crippen molar-refractivity contribution in [1.29, 1.82) is 5.41 Å². The first-order valence-corrected chi connectivity index (χ1v) is 6.46. The van der Waals surface area contributed by atoms with Crippen LogP contribution in [0.1, 0.15) is 12.5 Å². The van der Waals surface area contributed by atoms with Crippen molar-refractivity contribution < 1.29 is 0 Å². The van der Waals surface area contributed by atoms with Crippen LogP contribution >= 0.6 is 11.6 Å². The monoisotopic (exact) mass is 266 g/mol. The van der Waals surface area contributed by atoms with E-state index in [1.165, 1.54) is 0 Å². The van der Waals surface area contributed by atoms with Crippen molar-refractivity contribution in [1.82, 2.24) is 4.90 Å². The van der Waals surface area contributed by atoms with Gasteiger partial charge in [0.25, 0.3) is 0 Å². The number of nitrogens with one attached hydrogen (secondary N) is 1. The third kappa shape index (κ3) is 2.60. The number of amidine groups is 1. The predicted octanol–water partition coefficient (Wildman–Crippen LogP) is 1.76. The van der Waals surface area contributed by atoms with E-state index < -0.39 is 0 Å². The molecule has 2 rings (SSSR count). The molecular formula is C13H19ClN4. The average Bonchev–Trinajstić information content (AvgIpc) is 2.29. The van der Waals surface area contributed by atoms with E-state index in [9.17, 15) is 0 Å². The lowest BCUT2D eigenvalue weighted by Gasteiger charge is -2.40. The van der Waals surface area contributed by atoms with Crippen molar-refractivity contribution in [2.75, 3.05) is 31.6 Å². The van der Waals surface area contributed by atoms with Gasteiger partial charge in [0.15, 0.2) is 0 Å². The minimum Gasteiger partial charge on any atom is -0.384 e. The number of rotatable bonds is 2. The van der Waals surface area contributed by atoms with E-state index in [-0.39, 0.29) is 5.84 Å². The first-order chi connectivity index (χ1) is 8.49. The molecule has 0 aromatic heterocycles. The molecule has 1 atom stereocenters. The molecular weight excluding hydrogens is 248 g/mol. The summed E-state index contributed by atoms with van der Waals surface area (Å²) < 4.78 is 0. The van der Waals surface area contributed by atoms with Crippen molar-refractivity contribution in [2.45, 2.75) is 13.0 Å². The number of anilines is 1. The average molecular weight is 267 g/mol. The third-order valence-electron chi connectivity index (χ3n) is 3.39. The lowest BCUT2D eigenvalue weighted by Crippen LogP contribution is -2.51. The van der Waals surface area contributed by atoms with Gasteiger partial charge in [-0.1, -0.05) is 11.6 Å². The predicted molar refractivity (Wildman–Crippen MR) is 76.8 cm³/mol. The van der Waals surface area contributed by atoms with Crippen molar-refractivity contribution in [3.05, 3.63) is 28.8 Å². The molecule has 1 fully saturated rings. The largest absolute Gasteiger partial charge is 0.384 e. The first kappa shape index (κ1) is 13.2. The normalized spacial score (nSPS) is 21.1. The molecule has 0 bridgehead atoms. The Hall–Kier alpha value is -1.26. The zero-order valence-corrected chi connectivity index (χ0v) is 11.5. The number of halogens is 1. The Bertz CT molecular complexity index is 460. The minimum atomic E-state index is 0.0682. The smallest absolute Gasteiger partial charge is 0.124 e. The Kier molecular flexibility index (Phi) is 3.78. The Morgan fingerprint density at radius 1 is 1.44 bits per heavy atom.